The fourth-order valence-corrected chi connectivity index (χ4v) is 2.91. The molecule has 15 heavy (non-hydrogen) atoms. The van der Waals surface area contributed by atoms with Crippen molar-refractivity contribution in [2.75, 3.05) is 18.0 Å². The second-order valence-corrected chi connectivity index (χ2v) is 4.95. The van der Waals surface area contributed by atoms with Crippen LogP contribution in [0.25, 0.3) is 0 Å². The molecular formula is C11H15N3S. The second kappa shape index (κ2) is 4.63. The van der Waals surface area contributed by atoms with Gasteiger partial charge in [-0.25, -0.2) is 4.98 Å². The number of aromatic nitrogens is 1. The van der Waals surface area contributed by atoms with Crippen molar-refractivity contribution in [3.63, 3.8) is 0 Å². The van der Waals surface area contributed by atoms with Crippen molar-refractivity contribution >= 4 is 16.5 Å². The van der Waals surface area contributed by atoms with E-state index in [4.69, 9.17) is 5.26 Å². The van der Waals surface area contributed by atoms with Crippen molar-refractivity contribution < 1.29 is 0 Å². The lowest BCUT2D eigenvalue weighted by molar-refractivity contribution is 0.576. The Bertz CT molecular complexity index is 372. The molecule has 3 nitrogen and oxygen atoms in total. The number of hydrogen-bond acceptors (Lipinski definition) is 4. The van der Waals surface area contributed by atoms with Gasteiger partial charge in [0, 0.05) is 18.0 Å². The average Bonchev–Trinajstić information content (AvgIpc) is 2.63. The zero-order valence-corrected chi connectivity index (χ0v) is 9.81. The summed E-state index contributed by atoms with van der Waals surface area (Å²) < 4.78 is 0. The molecule has 0 saturated carbocycles. The van der Waals surface area contributed by atoms with Crippen LogP contribution >= 0.6 is 11.3 Å². The highest BCUT2D eigenvalue weighted by molar-refractivity contribution is 7.15. The lowest BCUT2D eigenvalue weighted by atomic mass is 10.1. The minimum Gasteiger partial charge on any atom is -0.348 e. The molecule has 1 aromatic rings. The topological polar surface area (TPSA) is 39.9 Å². The Labute approximate surface area is 94.4 Å². The van der Waals surface area contributed by atoms with Crippen LogP contribution < -0.4 is 4.90 Å². The second-order valence-electron chi connectivity index (χ2n) is 3.89. The molecule has 0 radical (unpaired) electrons. The van der Waals surface area contributed by atoms with Crippen molar-refractivity contribution in [1.82, 2.24) is 4.98 Å². The zero-order chi connectivity index (χ0) is 10.7. The van der Waals surface area contributed by atoms with Gasteiger partial charge in [-0.15, -0.1) is 11.3 Å². The van der Waals surface area contributed by atoms with Crippen LogP contribution in [0.3, 0.4) is 0 Å². The van der Waals surface area contributed by atoms with E-state index in [9.17, 15) is 0 Å². The summed E-state index contributed by atoms with van der Waals surface area (Å²) >= 11 is 1.68. The predicted octanol–water partition coefficient (Wildman–Crippen LogP) is 2.51. The molecule has 0 N–H and O–H groups in total. The molecule has 0 atom stereocenters. The molecule has 0 aliphatic carbocycles. The molecular weight excluding hydrogens is 206 g/mol. The lowest BCUT2D eigenvalue weighted by Gasteiger charge is -2.25. The third kappa shape index (κ3) is 2.29. The van der Waals surface area contributed by atoms with E-state index in [0.29, 0.717) is 6.42 Å². The molecule has 4 heteroatoms. The van der Waals surface area contributed by atoms with Gasteiger partial charge in [-0.3, -0.25) is 0 Å². The molecule has 80 valence electrons. The maximum absolute atomic E-state index is 8.68. The number of piperidine rings is 1. The Morgan fingerprint density at radius 2 is 2.13 bits per heavy atom. The number of anilines is 1. The quantitative estimate of drug-likeness (QED) is 0.770. The van der Waals surface area contributed by atoms with Crippen molar-refractivity contribution in [3.05, 3.63) is 10.6 Å². The van der Waals surface area contributed by atoms with Crippen LogP contribution in [0.5, 0.6) is 0 Å². The Kier molecular flexibility index (Phi) is 3.22. The summed E-state index contributed by atoms with van der Waals surface area (Å²) in [6, 6.07) is 2.19. The van der Waals surface area contributed by atoms with E-state index in [2.05, 4.69) is 16.0 Å². The van der Waals surface area contributed by atoms with Gasteiger partial charge >= 0.3 is 0 Å². The van der Waals surface area contributed by atoms with Crippen LogP contribution in [0.2, 0.25) is 0 Å². The van der Waals surface area contributed by atoms with Gasteiger partial charge in [0.15, 0.2) is 5.13 Å². The summed E-state index contributed by atoms with van der Waals surface area (Å²) in [5.74, 6) is 0. The highest BCUT2D eigenvalue weighted by Gasteiger charge is 2.16. The molecule has 0 aromatic carbocycles. The number of nitrogens with zero attached hydrogens (tertiary/aromatic N) is 3. The molecule has 1 aliphatic heterocycles. The standard InChI is InChI=1S/C11H15N3S/c1-9-10(5-6-12)15-11(13-9)14-7-3-2-4-8-14/h2-5,7-8H2,1H3. The van der Waals surface area contributed by atoms with Gasteiger partial charge in [0.2, 0.25) is 0 Å². The first-order valence-corrected chi connectivity index (χ1v) is 6.21. The number of hydrogen-bond donors (Lipinski definition) is 0. The highest BCUT2D eigenvalue weighted by Crippen LogP contribution is 2.28. The Morgan fingerprint density at radius 1 is 1.40 bits per heavy atom. The first kappa shape index (κ1) is 10.4. The fourth-order valence-electron chi connectivity index (χ4n) is 1.87. The first-order valence-electron chi connectivity index (χ1n) is 5.39. The van der Waals surface area contributed by atoms with E-state index < -0.39 is 0 Å². The van der Waals surface area contributed by atoms with E-state index >= 15 is 0 Å². The van der Waals surface area contributed by atoms with Crippen molar-refractivity contribution in [3.8, 4) is 6.07 Å². The van der Waals surface area contributed by atoms with Crippen LogP contribution in [-0.2, 0) is 6.42 Å². The summed E-state index contributed by atoms with van der Waals surface area (Å²) in [6.07, 6.45) is 4.38. The summed E-state index contributed by atoms with van der Waals surface area (Å²) in [7, 11) is 0. The van der Waals surface area contributed by atoms with Gasteiger partial charge in [-0.05, 0) is 26.2 Å². The van der Waals surface area contributed by atoms with Gasteiger partial charge in [0.05, 0.1) is 18.2 Å². The van der Waals surface area contributed by atoms with Crippen molar-refractivity contribution in [1.29, 1.82) is 5.26 Å². The van der Waals surface area contributed by atoms with Crippen molar-refractivity contribution in [2.45, 2.75) is 32.6 Å². The highest BCUT2D eigenvalue weighted by atomic mass is 32.1. The van der Waals surface area contributed by atoms with Crippen LogP contribution in [0.4, 0.5) is 5.13 Å². The first-order chi connectivity index (χ1) is 7.31. The van der Waals surface area contributed by atoms with Gasteiger partial charge in [-0.1, -0.05) is 0 Å². The molecule has 0 unspecified atom stereocenters. The predicted molar refractivity (Wildman–Crippen MR) is 62.2 cm³/mol. The van der Waals surface area contributed by atoms with E-state index in [1.54, 1.807) is 11.3 Å². The van der Waals surface area contributed by atoms with Crippen LogP contribution in [-0.4, -0.2) is 18.1 Å². The summed E-state index contributed by atoms with van der Waals surface area (Å²) in [4.78, 5) is 8.02. The molecule has 0 bridgehead atoms. The Hall–Kier alpha value is -1.08. The number of nitriles is 1. The van der Waals surface area contributed by atoms with E-state index in [0.717, 1.165) is 28.8 Å². The smallest absolute Gasteiger partial charge is 0.185 e. The third-order valence-electron chi connectivity index (χ3n) is 2.75. The molecule has 1 aliphatic rings. The number of aryl methyl sites for hydroxylation is 1. The summed E-state index contributed by atoms with van der Waals surface area (Å²) in [5.41, 5.74) is 1.03. The molecule has 0 amide bonds. The minimum absolute atomic E-state index is 0.497. The SMILES string of the molecule is Cc1nc(N2CCCCC2)sc1CC#N. The largest absolute Gasteiger partial charge is 0.348 e. The molecule has 1 fully saturated rings. The maximum atomic E-state index is 8.68. The van der Waals surface area contributed by atoms with Gasteiger partial charge in [0.1, 0.15) is 0 Å². The zero-order valence-electron chi connectivity index (χ0n) is 8.99. The van der Waals surface area contributed by atoms with Crippen molar-refractivity contribution in [2.24, 2.45) is 0 Å². The summed E-state index contributed by atoms with van der Waals surface area (Å²) in [5, 5.41) is 9.79. The molecule has 1 saturated heterocycles. The normalized spacial score (nSPS) is 16.4. The lowest BCUT2D eigenvalue weighted by Crippen LogP contribution is -2.29. The molecule has 0 spiro atoms. The number of rotatable bonds is 2. The molecule has 2 rings (SSSR count). The third-order valence-corrected chi connectivity index (χ3v) is 3.97. The molecule has 2 heterocycles. The van der Waals surface area contributed by atoms with Crippen LogP contribution in [0.15, 0.2) is 0 Å². The average molecular weight is 221 g/mol. The van der Waals surface area contributed by atoms with Crippen LogP contribution in [0.1, 0.15) is 29.8 Å². The Balaban J connectivity index is 2.14. The summed E-state index contributed by atoms with van der Waals surface area (Å²) in [6.45, 7) is 4.24. The number of thiazole rings is 1. The van der Waals surface area contributed by atoms with E-state index in [1.165, 1.54) is 19.3 Å². The minimum atomic E-state index is 0.497. The Morgan fingerprint density at radius 3 is 2.80 bits per heavy atom. The monoisotopic (exact) mass is 221 g/mol. The van der Waals surface area contributed by atoms with E-state index in [1.807, 2.05) is 6.92 Å². The van der Waals surface area contributed by atoms with E-state index in [-0.39, 0.29) is 0 Å². The van der Waals surface area contributed by atoms with Gasteiger partial charge in [-0.2, -0.15) is 5.26 Å². The van der Waals surface area contributed by atoms with Gasteiger partial charge in [0.25, 0.3) is 0 Å². The molecule has 1 aromatic heterocycles. The van der Waals surface area contributed by atoms with Crippen LogP contribution in [0, 0.1) is 18.3 Å². The maximum Gasteiger partial charge on any atom is 0.185 e. The van der Waals surface area contributed by atoms with Gasteiger partial charge < -0.3 is 4.90 Å². The fraction of sp³-hybridized carbons (Fsp3) is 0.636.